The number of fused-ring (bicyclic) bond motifs is 1. The quantitative estimate of drug-likeness (QED) is 0.476. The standard InChI is InChI=1S/C28H32N4O4/c1-16(2)35-24-8-7-19(12-20(24)14-29)26-30-25(31-36-26)21-13-18-9-10-32(27(33)34)15-23(28(4,5)6)22(18)11-17(21)3/h7-8,11-13,16,23H,9-10,15H2,1-6H3,(H,33,34). The number of carbonyl (C=O) groups is 1. The van der Waals surface area contributed by atoms with Gasteiger partial charge < -0.3 is 19.3 Å². The number of aryl methyl sites for hydroxylation is 1. The molecule has 0 saturated carbocycles. The first-order chi connectivity index (χ1) is 17.0. The summed E-state index contributed by atoms with van der Waals surface area (Å²) in [5, 5.41) is 23.5. The van der Waals surface area contributed by atoms with Gasteiger partial charge in [0.2, 0.25) is 5.82 Å². The van der Waals surface area contributed by atoms with Crippen molar-refractivity contribution in [1.82, 2.24) is 15.0 Å². The molecule has 0 saturated heterocycles. The van der Waals surface area contributed by atoms with Crippen LogP contribution in [0.25, 0.3) is 22.8 Å². The van der Waals surface area contributed by atoms with Crippen molar-refractivity contribution in [3.63, 3.8) is 0 Å². The maximum Gasteiger partial charge on any atom is 0.407 e. The van der Waals surface area contributed by atoms with E-state index in [0.717, 1.165) is 16.7 Å². The molecule has 1 atom stereocenters. The molecule has 8 nitrogen and oxygen atoms in total. The predicted octanol–water partition coefficient (Wildman–Crippen LogP) is 6.04. The molecule has 1 N–H and O–H groups in total. The largest absolute Gasteiger partial charge is 0.490 e. The number of aromatic nitrogens is 2. The molecule has 36 heavy (non-hydrogen) atoms. The van der Waals surface area contributed by atoms with Crippen LogP contribution in [-0.4, -0.2) is 45.4 Å². The van der Waals surface area contributed by atoms with Gasteiger partial charge in [0.25, 0.3) is 5.89 Å². The number of rotatable bonds is 4. The van der Waals surface area contributed by atoms with E-state index in [4.69, 9.17) is 9.26 Å². The van der Waals surface area contributed by atoms with Crippen LogP contribution < -0.4 is 4.74 Å². The fraction of sp³-hybridized carbons (Fsp3) is 0.429. The van der Waals surface area contributed by atoms with Crippen LogP contribution in [-0.2, 0) is 6.42 Å². The Hall–Kier alpha value is -3.86. The SMILES string of the molecule is Cc1cc2c(cc1-c1noc(-c3ccc(OC(C)C)c(C#N)c3)n1)CCN(C(=O)O)CC2C(C)(C)C. The van der Waals surface area contributed by atoms with Crippen LogP contribution in [0.1, 0.15) is 62.8 Å². The van der Waals surface area contributed by atoms with Crippen LogP contribution in [0.4, 0.5) is 4.79 Å². The van der Waals surface area contributed by atoms with Gasteiger partial charge in [0.15, 0.2) is 0 Å². The Balaban J connectivity index is 1.71. The highest BCUT2D eigenvalue weighted by Crippen LogP contribution is 2.41. The van der Waals surface area contributed by atoms with Gasteiger partial charge in [-0.15, -0.1) is 0 Å². The van der Waals surface area contributed by atoms with E-state index in [1.165, 1.54) is 10.5 Å². The second-order valence-electron chi connectivity index (χ2n) is 10.7. The van der Waals surface area contributed by atoms with Crippen molar-refractivity contribution in [3.8, 4) is 34.7 Å². The van der Waals surface area contributed by atoms with Gasteiger partial charge in [-0.1, -0.05) is 32.0 Å². The first kappa shape index (κ1) is 25.2. The van der Waals surface area contributed by atoms with Gasteiger partial charge in [-0.25, -0.2) is 4.79 Å². The summed E-state index contributed by atoms with van der Waals surface area (Å²) in [5.41, 5.74) is 5.06. The highest BCUT2D eigenvalue weighted by Gasteiger charge is 2.34. The molecule has 0 radical (unpaired) electrons. The van der Waals surface area contributed by atoms with Crippen LogP contribution in [0, 0.1) is 23.7 Å². The number of hydrogen-bond donors (Lipinski definition) is 1. The lowest BCUT2D eigenvalue weighted by Gasteiger charge is -2.33. The number of carboxylic acid groups (broad SMARTS) is 1. The van der Waals surface area contributed by atoms with E-state index in [1.54, 1.807) is 18.2 Å². The van der Waals surface area contributed by atoms with Crippen molar-refractivity contribution in [3.05, 3.63) is 52.6 Å². The summed E-state index contributed by atoms with van der Waals surface area (Å²) in [4.78, 5) is 17.9. The maximum absolute atomic E-state index is 11.8. The van der Waals surface area contributed by atoms with E-state index in [1.807, 2.05) is 20.8 Å². The molecular formula is C28H32N4O4. The van der Waals surface area contributed by atoms with Gasteiger partial charge in [-0.05, 0) is 73.6 Å². The highest BCUT2D eigenvalue weighted by molar-refractivity contribution is 5.68. The van der Waals surface area contributed by atoms with E-state index in [2.05, 4.69) is 49.1 Å². The Bertz CT molecular complexity index is 1330. The molecule has 4 rings (SSSR count). The molecule has 0 spiro atoms. The first-order valence-electron chi connectivity index (χ1n) is 12.1. The number of hydrogen-bond acceptors (Lipinski definition) is 6. The molecule has 2 aromatic carbocycles. The molecule has 1 aromatic heterocycles. The van der Waals surface area contributed by atoms with E-state index in [9.17, 15) is 15.2 Å². The lowest BCUT2D eigenvalue weighted by atomic mass is 9.74. The first-order valence-corrected chi connectivity index (χ1v) is 12.1. The van der Waals surface area contributed by atoms with Crippen molar-refractivity contribution in [2.45, 2.75) is 60.0 Å². The minimum atomic E-state index is -0.890. The Kier molecular flexibility index (Phi) is 6.77. The van der Waals surface area contributed by atoms with Crippen molar-refractivity contribution >= 4 is 6.09 Å². The van der Waals surface area contributed by atoms with Crippen LogP contribution in [0.2, 0.25) is 0 Å². The van der Waals surface area contributed by atoms with Crippen molar-refractivity contribution < 1.29 is 19.2 Å². The van der Waals surface area contributed by atoms with Gasteiger partial charge in [-0.3, -0.25) is 0 Å². The molecule has 1 amide bonds. The van der Waals surface area contributed by atoms with E-state index in [0.29, 0.717) is 48.1 Å². The van der Waals surface area contributed by atoms with E-state index < -0.39 is 6.09 Å². The lowest BCUT2D eigenvalue weighted by Crippen LogP contribution is -2.36. The Labute approximate surface area is 211 Å². The number of benzene rings is 2. The molecule has 1 aliphatic rings. The van der Waals surface area contributed by atoms with Gasteiger partial charge in [0, 0.05) is 30.1 Å². The fourth-order valence-electron chi connectivity index (χ4n) is 4.69. The van der Waals surface area contributed by atoms with Crippen LogP contribution in [0.5, 0.6) is 5.75 Å². The molecule has 1 aliphatic heterocycles. The zero-order valence-electron chi connectivity index (χ0n) is 21.6. The van der Waals surface area contributed by atoms with Crippen molar-refractivity contribution in [2.75, 3.05) is 13.1 Å². The van der Waals surface area contributed by atoms with Crippen LogP contribution in [0.15, 0.2) is 34.9 Å². The zero-order valence-corrected chi connectivity index (χ0v) is 21.6. The topological polar surface area (TPSA) is 112 Å². The summed E-state index contributed by atoms with van der Waals surface area (Å²) in [6.07, 6.45) is -0.317. The minimum absolute atomic E-state index is 0.0467. The summed E-state index contributed by atoms with van der Waals surface area (Å²) in [6, 6.07) is 11.6. The third-order valence-electron chi connectivity index (χ3n) is 6.61. The smallest absolute Gasteiger partial charge is 0.407 e. The number of nitrogens with zero attached hydrogens (tertiary/aromatic N) is 4. The predicted molar refractivity (Wildman–Crippen MR) is 136 cm³/mol. The van der Waals surface area contributed by atoms with Gasteiger partial charge >= 0.3 is 6.09 Å². The van der Waals surface area contributed by atoms with Crippen molar-refractivity contribution in [1.29, 1.82) is 5.26 Å². The Morgan fingerprint density at radius 1 is 1.28 bits per heavy atom. The average molecular weight is 489 g/mol. The number of nitriles is 1. The summed E-state index contributed by atoms with van der Waals surface area (Å²) in [7, 11) is 0. The maximum atomic E-state index is 11.8. The monoisotopic (exact) mass is 488 g/mol. The minimum Gasteiger partial charge on any atom is -0.490 e. The highest BCUT2D eigenvalue weighted by atomic mass is 16.5. The fourth-order valence-corrected chi connectivity index (χ4v) is 4.69. The molecule has 0 fully saturated rings. The van der Waals surface area contributed by atoms with Crippen molar-refractivity contribution in [2.24, 2.45) is 5.41 Å². The normalized spacial score (nSPS) is 15.8. The second-order valence-corrected chi connectivity index (χ2v) is 10.7. The third-order valence-corrected chi connectivity index (χ3v) is 6.61. The van der Waals surface area contributed by atoms with Gasteiger partial charge in [0.05, 0.1) is 11.7 Å². The summed E-state index contributed by atoms with van der Waals surface area (Å²) < 4.78 is 11.3. The summed E-state index contributed by atoms with van der Waals surface area (Å²) in [6.45, 7) is 13.2. The van der Waals surface area contributed by atoms with E-state index >= 15 is 0 Å². The number of ether oxygens (including phenoxy) is 1. The molecule has 188 valence electrons. The zero-order chi connectivity index (χ0) is 26.2. The summed E-state index contributed by atoms with van der Waals surface area (Å²) >= 11 is 0. The van der Waals surface area contributed by atoms with Crippen LogP contribution >= 0.6 is 0 Å². The number of amides is 1. The molecule has 0 aliphatic carbocycles. The van der Waals surface area contributed by atoms with Gasteiger partial charge in [-0.2, -0.15) is 10.2 Å². The molecule has 8 heteroatoms. The molecular weight excluding hydrogens is 456 g/mol. The van der Waals surface area contributed by atoms with Crippen LogP contribution in [0.3, 0.4) is 0 Å². The lowest BCUT2D eigenvalue weighted by molar-refractivity contribution is 0.135. The molecule has 3 aromatic rings. The van der Waals surface area contributed by atoms with Gasteiger partial charge in [0.1, 0.15) is 11.8 Å². The van der Waals surface area contributed by atoms with E-state index in [-0.39, 0.29) is 17.4 Å². The average Bonchev–Trinajstić information content (AvgIpc) is 3.20. The molecule has 0 bridgehead atoms. The third kappa shape index (κ3) is 5.06. The summed E-state index contributed by atoms with van der Waals surface area (Å²) in [5.74, 6) is 1.35. The second kappa shape index (κ2) is 9.65. The molecule has 2 heterocycles. The Morgan fingerprint density at radius 3 is 2.67 bits per heavy atom. The Morgan fingerprint density at radius 2 is 2.03 bits per heavy atom. The molecule has 1 unspecified atom stereocenters.